The molecule has 0 radical (unpaired) electrons. The summed E-state index contributed by atoms with van der Waals surface area (Å²) < 4.78 is 30.3. The van der Waals surface area contributed by atoms with E-state index in [0.29, 0.717) is 16.6 Å². The molecule has 1 atom stereocenters. The molecule has 47 heavy (non-hydrogen) atoms. The van der Waals surface area contributed by atoms with E-state index in [4.69, 9.17) is 0 Å². The van der Waals surface area contributed by atoms with Crippen LogP contribution in [0.15, 0.2) is 112 Å². The summed E-state index contributed by atoms with van der Waals surface area (Å²) in [5.41, 5.74) is 4.06. The van der Waals surface area contributed by atoms with E-state index < -0.39 is 28.5 Å². The molecule has 0 aromatic heterocycles. The molecular formula is C38H42BrN3O4S. The van der Waals surface area contributed by atoms with Crippen molar-refractivity contribution in [3.05, 3.63) is 130 Å². The first kappa shape index (κ1) is 34.4. The van der Waals surface area contributed by atoms with Crippen LogP contribution in [0.3, 0.4) is 0 Å². The summed E-state index contributed by atoms with van der Waals surface area (Å²) >= 11 is 3.47. The van der Waals surface area contributed by atoms with Crippen LogP contribution in [0.2, 0.25) is 0 Å². The van der Waals surface area contributed by atoms with Crippen LogP contribution in [-0.2, 0) is 32.6 Å². The first-order chi connectivity index (χ1) is 22.6. The minimum Gasteiger partial charge on any atom is -0.352 e. The second kappa shape index (κ2) is 15.8. The maximum absolute atomic E-state index is 14.7. The molecule has 0 bridgehead atoms. The van der Waals surface area contributed by atoms with Crippen molar-refractivity contribution < 1.29 is 18.0 Å². The molecule has 0 aliphatic heterocycles. The Balaban J connectivity index is 1.56. The van der Waals surface area contributed by atoms with Crippen LogP contribution < -0.4 is 9.62 Å². The maximum Gasteiger partial charge on any atom is 0.264 e. The van der Waals surface area contributed by atoms with Crippen molar-refractivity contribution in [2.24, 2.45) is 0 Å². The Bertz CT molecular complexity index is 1770. The van der Waals surface area contributed by atoms with E-state index in [1.165, 1.54) is 0 Å². The van der Waals surface area contributed by atoms with Crippen LogP contribution in [-0.4, -0.2) is 43.8 Å². The fourth-order valence-corrected chi connectivity index (χ4v) is 7.90. The maximum atomic E-state index is 14.7. The van der Waals surface area contributed by atoms with Crippen LogP contribution in [0.25, 0.3) is 0 Å². The number of benzene rings is 4. The van der Waals surface area contributed by atoms with Gasteiger partial charge < -0.3 is 10.2 Å². The summed E-state index contributed by atoms with van der Waals surface area (Å²) in [6, 6.07) is 30.2. The highest BCUT2D eigenvalue weighted by atomic mass is 79.9. The molecule has 0 heterocycles. The Hall–Kier alpha value is -3.95. The molecule has 5 rings (SSSR count). The highest BCUT2D eigenvalue weighted by Crippen LogP contribution is 2.28. The SMILES string of the molecule is Cc1ccc(S(=O)(=O)N(CC(=O)N(Cc2cccc(C)c2)C(Cc2ccccc2)C(=O)NC2CCCCC2)c2cccc(Br)c2)cc1. The smallest absolute Gasteiger partial charge is 0.264 e. The topological polar surface area (TPSA) is 86.8 Å². The van der Waals surface area contributed by atoms with Gasteiger partial charge in [-0.25, -0.2) is 8.42 Å². The van der Waals surface area contributed by atoms with E-state index >= 15 is 0 Å². The van der Waals surface area contributed by atoms with Gasteiger partial charge in [0.2, 0.25) is 11.8 Å². The lowest BCUT2D eigenvalue weighted by atomic mass is 9.94. The molecule has 1 saturated carbocycles. The summed E-state index contributed by atoms with van der Waals surface area (Å²) in [4.78, 5) is 30.6. The normalized spacial score (nSPS) is 14.3. The number of nitrogens with one attached hydrogen (secondary N) is 1. The van der Waals surface area contributed by atoms with Gasteiger partial charge in [0.1, 0.15) is 12.6 Å². The van der Waals surface area contributed by atoms with Gasteiger partial charge in [-0.2, -0.15) is 0 Å². The number of nitrogens with zero attached hydrogens (tertiary/aromatic N) is 2. The zero-order valence-electron chi connectivity index (χ0n) is 26.9. The van der Waals surface area contributed by atoms with E-state index in [1.54, 1.807) is 53.4 Å². The van der Waals surface area contributed by atoms with Crippen LogP contribution >= 0.6 is 15.9 Å². The zero-order valence-corrected chi connectivity index (χ0v) is 29.3. The van der Waals surface area contributed by atoms with Gasteiger partial charge >= 0.3 is 0 Å². The van der Waals surface area contributed by atoms with Gasteiger partial charge in [-0.15, -0.1) is 0 Å². The van der Waals surface area contributed by atoms with Crippen LogP contribution in [0.4, 0.5) is 5.69 Å². The van der Waals surface area contributed by atoms with Gasteiger partial charge in [0.25, 0.3) is 10.0 Å². The van der Waals surface area contributed by atoms with E-state index in [2.05, 4.69) is 21.2 Å². The Morgan fingerprint density at radius 3 is 2.17 bits per heavy atom. The second-order valence-electron chi connectivity index (χ2n) is 12.4. The summed E-state index contributed by atoms with van der Waals surface area (Å²) in [7, 11) is -4.16. The lowest BCUT2D eigenvalue weighted by Crippen LogP contribution is -2.55. The van der Waals surface area contributed by atoms with Crippen LogP contribution in [0, 0.1) is 13.8 Å². The third-order valence-corrected chi connectivity index (χ3v) is 10.9. The molecule has 1 fully saturated rings. The molecule has 1 unspecified atom stereocenters. The Morgan fingerprint density at radius 2 is 1.49 bits per heavy atom. The second-order valence-corrected chi connectivity index (χ2v) is 15.1. The molecule has 2 amide bonds. The molecular weight excluding hydrogens is 674 g/mol. The number of rotatable bonds is 12. The molecule has 0 spiro atoms. The molecule has 1 N–H and O–H groups in total. The third kappa shape index (κ3) is 9.11. The van der Waals surface area contributed by atoms with Crippen molar-refractivity contribution in [1.82, 2.24) is 10.2 Å². The molecule has 9 heteroatoms. The van der Waals surface area contributed by atoms with Crippen LogP contribution in [0.5, 0.6) is 0 Å². The van der Waals surface area contributed by atoms with Gasteiger partial charge in [0, 0.05) is 23.5 Å². The van der Waals surface area contributed by atoms with Gasteiger partial charge in [-0.1, -0.05) is 119 Å². The lowest BCUT2D eigenvalue weighted by Gasteiger charge is -2.35. The minimum absolute atomic E-state index is 0.0468. The number of aryl methyl sites for hydroxylation is 2. The molecule has 1 aliphatic rings. The number of carbonyl (C=O) groups is 2. The monoisotopic (exact) mass is 715 g/mol. The van der Waals surface area contributed by atoms with Crippen LogP contribution in [0.1, 0.15) is 54.4 Å². The molecule has 4 aromatic rings. The number of carbonyl (C=O) groups excluding carboxylic acids is 2. The van der Waals surface area contributed by atoms with E-state index in [1.807, 2.05) is 68.4 Å². The standard InChI is InChI=1S/C38H42BrN3O4S/c1-28-19-21-35(22-20-28)47(45,46)42(34-18-10-15-32(39)25-34)27-37(43)41(26-31-14-9-11-29(2)23-31)36(24-30-12-5-3-6-13-30)38(44)40-33-16-7-4-8-17-33/h3,5-6,9-15,18-23,25,33,36H,4,7-8,16-17,24,26-27H2,1-2H3,(H,40,44). The number of anilines is 1. The van der Waals surface area contributed by atoms with E-state index in [0.717, 1.165) is 58.7 Å². The first-order valence-corrected chi connectivity index (χ1v) is 18.4. The highest BCUT2D eigenvalue weighted by molar-refractivity contribution is 9.10. The van der Waals surface area contributed by atoms with Gasteiger partial charge in [-0.3, -0.25) is 13.9 Å². The molecule has 246 valence electrons. The highest BCUT2D eigenvalue weighted by Gasteiger charge is 2.35. The molecule has 7 nitrogen and oxygen atoms in total. The Morgan fingerprint density at radius 1 is 0.809 bits per heavy atom. The number of sulfonamides is 1. The first-order valence-electron chi connectivity index (χ1n) is 16.1. The van der Waals surface area contributed by atoms with Crippen molar-refractivity contribution in [1.29, 1.82) is 0 Å². The van der Waals surface area contributed by atoms with Gasteiger partial charge in [0.15, 0.2) is 0 Å². The third-order valence-electron chi connectivity index (χ3n) is 8.64. The molecule has 0 saturated heterocycles. The zero-order chi connectivity index (χ0) is 33.4. The average Bonchev–Trinajstić information content (AvgIpc) is 3.06. The fraction of sp³-hybridized carbons (Fsp3) is 0.316. The number of hydrogen-bond acceptors (Lipinski definition) is 4. The number of amides is 2. The number of halogens is 1. The number of hydrogen-bond donors (Lipinski definition) is 1. The van der Waals surface area contributed by atoms with Crippen molar-refractivity contribution in [2.45, 2.75) is 75.9 Å². The van der Waals surface area contributed by atoms with Crippen molar-refractivity contribution in [2.75, 3.05) is 10.8 Å². The summed E-state index contributed by atoms with van der Waals surface area (Å²) in [5.74, 6) is -0.695. The van der Waals surface area contributed by atoms with Crippen molar-refractivity contribution in [3.63, 3.8) is 0 Å². The quantitative estimate of drug-likeness (QED) is 0.166. The Labute approximate surface area is 287 Å². The minimum atomic E-state index is -4.16. The summed E-state index contributed by atoms with van der Waals surface area (Å²) in [6.07, 6.45) is 5.36. The Kier molecular flexibility index (Phi) is 11.5. The summed E-state index contributed by atoms with van der Waals surface area (Å²) in [5, 5.41) is 3.25. The predicted molar refractivity (Wildman–Crippen MR) is 191 cm³/mol. The molecule has 4 aromatic carbocycles. The van der Waals surface area contributed by atoms with E-state index in [9.17, 15) is 18.0 Å². The summed E-state index contributed by atoms with van der Waals surface area (Å²) in [6.45, 7) is 3.53. The van der Waals surface area contributed by atoms with Gasteiger partial charge in [-0.05, 0) is 68.1 Å². The average molecular weight is 717 g/mol. The lowest BCUT2D eigenvalue weighted by molar-refractivity contribution is -0.140. The fourth-order valence-electron chi connectivity index (χ4n) is 6.10. The van der Waals surface area contributed by atoms with Crippen molar-refractivity contribution in [3.8, 4) is 0 Å². The largest absolute Gasteiger partial charge is 0.352 e. The van der Waals surface area contributed by atoms with E-state index in [-0.39, 0.29) is 23.4 Å². The van der Waals surface area contributed by atoms with Crippen molar-refractivity contribution >= 4 is 43.5 Å². The molecule has 1 aliphatic carbocycles. The predicted octanol–water partition coefficient (Wildman–Crippen LogP) is 7.35. The van der Waals surface area contributed by atoms with Gasteiger partial charge in [0.05, 0.1) is 10.6 Å².